The van der Waals surface area contributed by atoms with Gasteiger partial charge in [0, 0.05) is 37.5 Å². The number of carbonyl (C=O) groups excluding carboxylic acids is 1. The molecule has 0 unspecified atom stereocenters. The number of aromatic nitrogens is 2. The lowest BCUT2D eigenvalue weighted by Gasteiger charge is -2.49. The molecule has 2 fully saturated rings. The summed E-state index contributed by atoms with van der Waals surface area (Å²) in [6.45, 7) is 3.58. The molecule has 2 aliphatic rings. The van der Waals surface area contributed by atoms with Gasteiger partial charge in [0.15, 0.2) is 0 Å². The van der Waals surface area contributed by atoms with Gasteiger partial charge in [-0.1, -0.05) is 12.1 Å². The fourth-order valence-corrected chi connectivity index (χ4v) is 4.26. The van der Waals surface area contributed by atoms with Crippen molar-refractivity contribution in [2.24, 2.45) is 0 Å². The Morgan fingerprint density at radius 1 is 1.32 bits per heavy atom. The zero-order valence-corrected chi connectivity index (χ0v) is 16.1. The number of aliphatic hydroxyl groups is 2. The molecule has 2 aliphatic heterocycles. The van der Waals surface area contributed by atoms with Crippen LogP contribution in [0.3, 0.4) is 0 Å². The first-order valence-electron chi connectivity index (χ1n) is 9.77. The van der Waals surface area contributed by atoms with E-state index in [1.165, 1.54) is 0 Å². The normalized spacial score (nSPS) is 27.1. The molecule has 2 aromatic rings. The monoisotopic (exact) mass is 385 g/mol. The Morgan fingerprint density at radius 3 is 2.79 bits per heavy atom. The van der Waals surface area contributed by atoms with Gasteiger partial charge in [0.25, 0.3) is 5.91 Å². The maximum absolute atomic E-state index is 13.0. The number of piperidine rings is 1. The summed E-state index contributed by atoms with van der Waals surface area (Å²) in [5, 5.41) is 24.6. The van der Waals surface area contributed by atoms with Crippen molar-refractivity contribution >= 4 is 5.91 Å². The number of rotatable bonds is 3. The van der Waals surface area contributed by atoms with Crippen LogP contribution in [0.25, 0.3) is 0 Å². The molecule has 1 aromatic heterocycles. The Morgan fingerprint density at radius 2 is 2.11 bits per heavy atom. The SMILES string of the molecule is C[C@]1(O)CC2(CCN(C(=O)c3cccc(Cn4cccn4)c3)CC2)OC[C@@H]1O. The number of carbonyl (C=O) groups is 1. The summed E-state index contributed by atoms with van der Waals surface area (Å²) < 4.78 is 7.74. The van der Waals surface area contributed by atoms with Gasteiger partial charge < -0.3 is 19.8 Å². The second kappa shape index (κ2) is 7.31. The van der Waals surface area contributed by atoms with Crippen LogP contribution in [0.2, 0.25) is 0 Å². The van der Waals surface area contributed by atoms with Gasteiger partial charge in [-0.15, -0.1) is 0 Å². The summed E-state index contributed by atoms with van der Waals surface area (Å²) >= 11 is 0. The summed E-state index contributed by atoms with van der Waals surface area (Å²) in [5.74, 6) is 0.0137. The van der Waals surface area contributed by atoms with E-state index < -0.39 is 17.3 Å². The van der Waals surface area contributed by atoms with Gasteiger partial charge in [-0.05, 0) is 43.5 Å². The Balaban J connectivity index is 1.40. The molecule has 28 heavy (non-hydrogen) atoms. The van der Waals surface area contributed by atoms with Crippen molar-refractivity contribution in [1.82, 2.24) is 14.7 Å². The molecular formula is C21H27N3O4. The second-order valence-electron chi connectivity index (χ2n) is 8.24. The maximum Gasteiger partial charge on any atom is 0.253 e. The van der Waals surface area contributed by atoms with E-state index in [1.807, 2.05) is 46.1 Å². The standard InChI is InChI=1S/C21H27N3O4/c1-20(27)15-21(28-14-18(20)25)6-10-23(11-7-21)19(26)17-5-2-4-16(12-17)13-24-9-3-8-22-24/h2-5,8-9,12,18,25,27H,6-7,10-11,13-15H2,1H3/t18-,20-/m0/s1. The zero-order chi connectivity index (χ0) is 19.8. The smallest absolute Gasteiger partial charge is 0.253 e. The van der Waals surface area contributed by atoms with Crippen LogP contribution in [0.5, 0.6) is 0 Å². The molecule has 2 saturated heterocycles. The van der Waals surface area contributed by atoms with Crippen LogP contribution in [0.15, 0.2) is 42.7 Å². The fourth-order valence-electron chi connectivity index (χ4n) is 4.26. The number of ether oxygens (including phenoxy) is 1. The minimum absolute atomic E-state index is 0.0137. The molecule has 1 aromatic carbocycles. The van der Waals surface area contributed by atoms with Crippen molar-refractivity contribution in [2.45, 2.75) is 50.0 Å². The first-order chi connectivity index (χ1) is 13.4. The van der Waals surface area contributed by atoms with Gasteiger partial charge in [-0.25, -0.2) is 0 Å². The third-order valence-corrected chi connectivity index (χ3v) is 5.98. The van der Waals surface area contributed by atoms with Crippen molar-refractivity contribution in [1.29, 1.82) is 0 Å². The van der Waals surface area contributed by atoms with Crippen molar-refractivity contribution in [3.05, 3.63) is 53.9 Å². The Hall–Kier alpha value is -2.22. The molecule has 1 amide bonds. The summed E-state index contributed by atoms with van der Waals surface area (Å²) in [4.78, 5) is 14.8. The van der Waals surface area contributed by atoms with Crippen molar-refractivity contribution < 1.29 is 19.7 Å². The third kappa shape index (κ3) is 3.83. The van der Waals surface area contributed by atoms with Crippen molar-refractivity contribution in [3.8, 4) is 0 Å². The van der Waals surface area contributed by atoms with Gasteiger partial charge in [-0.3, -0.25) is 9.48 Å². The van der Waals surface area contributed by atoms with Gasteiger partial charge >= 0.3 is 0 Å². The van der Waals surface area contributed by atoms with Gasteiger partial charge in [-0.2, -0.15) is 5.10 Å². The van der Waals surface area contributed by atoms with E-state index >= 15 is 0 Å². The number of amides is 1. The predicted molar refractivity (Wildman–Crippen MR) is 103 cm³/mol. The lowest BCUT2D eigenvalue weighted by molar-refractivity contribution is -0.221. The summed E-state index contributed by atoms with van der Waals surface area (Å²) in [6, 6.07) is 9.54. The van der Waals surface area contributed by atoms with E-state index in [9.17, 15) is 15.0 Å². The number of hydrogen-bond donors (Lipinski definition) is 2. The average Bonchev–Trinajstić information content (AvgIpc) is 3.18. The molecular weight excluding hydrogens is 358 g/mol. The second-order valence-corrected chi connectivity index (χ2v) is 8.24. The molecule has 2 N–H and O–H groups in total. The summed E-state index contributed by atoms with van der Waals surface area (Å²) in [7, 11) is 0. The average molecular weight is 385 g/mol. The van der Waals surface area contributed by atoms with Crippen LogP contribution in [0.1, 0.15) is 42.1 Å². The molecule has 3 heterocycles. The summed E-state index contributed by atoms with van der Waals surface area (Å²) in [5.41, 5.74) is 0.100. The van der Waals surface area contributed by atoms with E-state index in [0.29, 0.717) is 44.5 Å². The van der Waals surface area contributed by atoms with Gasteiger partial charge in [0.05, 0.1) is 24.4 Å². The fraction of sp³-hybridized carbons (Fsp3) is 0.524. The zero-order valence-electron chi connectivity index (χ0n) is 16.1. The van der Waals surface area contributed by atoms with Crippen LogP contribution in [0.4, 0.5) is 0 Å². The highest BCUT2D eigenvalue weighted by molar-refractivity contribution is 5.94. The minimum Gasteiger partial charge on any atom is -0.388 e. The van der Waals surface area contributed by atoms with Crippen LogP contribution in [-0.4, -0.2) is 67.8 Å². The molecule has 7 nitrogen and oxygen atoms in total. The highest BCUT2D eigenvalue weighted by atomic mass is 16.5. The van der Waals surface area contributed by atoms with Gasteiger partial charge in [0.2, 0.25) is 0 Å². The van der Waals surface area contributed by atoms with Crippen molar-refractivity contribution in [2.75, 3.05) is 19.7 Å². The van der Waals surface area contributed by atoms with Crippen LogP contribution >= 0.6 is 0 Å². The molecule has 2 atom stereocenters. The van der Waals surface area contributed by atoms with Crippen LogP contribution in [0, 0.1) is 0 Å². The molecule has 0 radical (unpaired) electrons. The molecule has 0 aliphatic carbocycles. The van der Waals surface area contributed by atoms with E-state index in [1.54, 1.807) is 13.1 Å². The number of hydrogen-bond acceptors (Lipinski definition) is 5. The molecule has 4 rings (SSSR count). The van der Waals surface area contributed by atoms with E-state index in [-0.39, 0.29) is 12.5 Å². The van der Waals surface area contributed by atoms with Crippen molar-refractivity contribution in [3.63, 3.8) is 0 Å². The lowest BCUT2D eigenvalue weighted by Crippen LogP contribution is -2.59. The first kappa shape index (κ1) is 19.1. The lowest BCUT2D eigenvalue weighted by atomic mass is 9.76. The highest BCUT2D eigenvalue weighted by Crippen LogP contribution is 2.39. The predicted octanol–water partition coefficient (Wildman–Crippen LogP) is 1.44. The maximum atomic E-state index is 13.0. The third-order valence-electron chi connectivity index (χ3n) is 5.98. The van der Waals surface area contributed by atoms with E-state index in [4.69, 9.17) is 4.74 Å². The van der Waals surface area contributed by atoms with Crippen LogP contribution < -0.4 is 0 Å². The number of nitrogens with zero attached hydrogens (tertiary/aromatic N) is 3. The molecule has 0 saturated carbocycles. The van der Waals surface area contributed by atoms with E-state index in [2.05, 4.69) is 5.10 Å². The number of benzene rings is 1. The first-order valence-corrected chi connectivity index (χ1v) is 9.77. The number of likely N-dealkylation sites (tertiary alicyclic amines) is 1. The molecule has 1 spiro atoms. The quantitative estimate of drug-likeness (QED) is 0.835. The molecule has 150 valence electrons. The topological polar surface area (TPSA) is 87.8 Å². The Labute approximate surface area is 164 Å². The minimum atomic E-state index is -1.15. The molecule has 0 bridgehead atoms. The Bertz CT molecular complexity index is 826. The Kier molecular flexibility index (Phi) is 4.99. The number of aliphatic hydroxyl groups excluding tert-OH is 1. The highest BCUT2D eigenvalue weighted by Gasteiger charge is 2.49. The summed E-state index contributed by atoms with van der Waals surface area (Å²) in [6.07, 6.45) is 4.48. The van der Waals surface area contributed by atoms with Gasteiger partial charge in [0.1, 0.15) is 6.10 Å². The van der Waals surface area contributed by atoms with Crippen LogP contribution in [-0.2, 0) is 11.3 Å². The molecule has 7 heteroatoms. The van der Waals surface area contributed by atoms with E-state index in [0.717, 1.165) is 5.56 Å². The largest absolute Gasteiger partial charge is 0.388 e.